The summed E-state index contributed by atoms with van der Waals surface area (Å²) in [6.45, 7) is 0.607. The van der Waals surface area contributed by atoms with E-state index in [0.29, 0.717) is 29.1 Å². The molecule has 0 spiro atoms. The van der Waals surface area contributed by atoms with Crippen molar-refractivity contribution >= 4 is 17.4 Å². The fraction of sp³-hybridized carbons (Fsp3) is 0.538. The fourth-order valence-electron chi connectivity index (χ4n) is 2.50. The Hall–Kier alpha value is -1.31. The topological polar surface area (TPSA) is 60.2 Å². The van der Waals surface area contributed by atoms with E-state index in [1.165, 1.54) is 12.8 Å². The predicted octanol–water partition coefficient (Wildman–Crippen LogP) is 2.35. The van der Waals surface area contributed by atoms with Crippen LogP contribution in [-0.4, -0.2) is 29.3 Å². The molecule has 1 heterocycles. The van der Waals surface area contributed by atoms with Crippen LogP contribution in [0.1, 0.15) is 31.2 Å². The number of pyridine rings is 1. The second-order valence-electron chi connectivity index (χ2n) is 4.50. The summed E-state index contributed by atoms with van der Waals surface area (Å²) in [5.41, 5.74) is 0.505. The van der Waals surface area contributed by atoms with Crippen LogP contribution in [0.15, 0.2) is 12.1 Å². The summed E-state index contributed by atoms with van der Waals surface area (Å²) in [5, 5.41) is 18.5. The Morgan fingerprint density at radius 3 is 2.78 bits per heavy atom. The van der Waals surface area contributed by atoms with Crippen molar-refractivity contribution in [1.82, 2.24) is 4.98 Å². The number of rotatable bonds is 4. The highest BCUT2D eigenvalue weighted by atomic mass is 35.5. The third kappa shape index (κ3) is 2.92. The summed E-state index contributed by atoms with van der Waals surface area (Å²) in [4.78, 5) is 6.34. The van der Waals surface area contributed by atoms with Crippen molar-refractivity contribution in [3.05, 3.63) is 22.8 Å². The van der Waals surface area contributed by atoms with Crippen LogP contribution in [0.3, 0.4) is 0 Å². The summed E-state index contributed by atoms with van der Waals surface area (Å²) in [6, 6.07) is 5.77. The molecule has 0 radical (unpaired) electrons. The molecule has 96 valence electrons. The Bertz CT molecular complexity index is 452. The van der Waals surface area contributed by atoms with E-state index in [1.54, 1.807) is 12.1 Å². The first kappa shape index (κ1) is 13.1. The number of nitrogens with zero attached hydrogens (tertiary/aromatic N) is 3. The number of hydrogen-bond acceptors (Lipinski definition) is 4. The Balaban J connectivity index is 2.29. The molecule has 0 saturated heterocycles. The molecule has 0 unspecified atom stereocenters. The molecule has 1 aliphatic carbocycles. The lowest BCUT2D eigenvalue weighted by atomic mass is 10.2. The molecule has 2 rings (SSSR count). The van der Waals surface area contributed by atoms with Crippen molar-refractivity contribution in [2.24, 2.45) is 0 Å². The van der Waals surface area contributed by atoms with Crippen molar-refractivity contribution in [2.75, 3.05) is 18.1 Å². The Kier molecular flexibility index (Phi) is 4.40. The fourth-order valence-corrected chi connectivity index (χ4v) is 2.71. The van der Waals surface area contributed by atoms with Crippen molar-refractivity contribution in [1.29, 1.82) is 5.26 Å². The maximum atomic E-state index is 9.19. The quantitative estimate of drug-likeness (QED) is 0.849. The van der Waals surface area contributed by atoms with E-state index < -0.39 is 0 Å². The molecule has 1 N–H and O–H groups in total. The summed E-state index contributed by atoms with van der Waals surface area (Å²) < 4.78 is 0. The molecular weight excluding hydrogens is 250 g/mol. The average Bonchev–Trinajstić information content (AvgIpc) is 2.88. The molecule has 0 atom stereocenters. The smallest absolute Gasteiger partial charge is 0.132 e. The molecule has 1 fully saturated rings. The highest BCUT2D eigenvalue weighted by Gasteiger charge is 2.23. The van der Waals surface area contributed by atoms with Crippen LogP contribution in [0.4, 0.5) is 5.82 Å². The van der Waals surface area contributed by atoms with Gasteiger partial charge in [-0.3, -0.25) is 0 Å². The molecule has 5 heteroatoms. The largest absolute Gasteiger partial charge is 0.395 e. The van der Waals surface area contributed by atoms with Gasteiger partial charge in [0.05, 0.1) is 18.2 Å². The zero-order valence-electron chi connectivity index (χ0n) is 10.1. The number of anilines is 1. The zero-order chi connectivity index (χ0) is 13.0. The molecule has 4 nitrogen and oxygen atoms in total. The Morgan fingerprint density at radius 2 is 2.17 bits per heavy atom. The van der Waals surface area contributed by atoms with E-state index in [9.17, 15) is 5.11 Å². The maximum Gasteiger partial charge on any atom is 0.132 e. The van der Waals surface area contributed by atoms with Crippen LogP contribution >= 0.6 is 11.6 Å². The number of hydrogen-bond donors (Lipinski definition) is 1. The molecule has 0 amide bonds. The van der Waals surface area contributed by atoms with E-state index in [0.717, 1.165) is 12.8 Å². The number of aliphatic hydroxyl groups is 1. The minimum atomic E-state index is 0.0760. The van der Waals surface area contributed by atoms with Crippen LogP contribution in [0.5, 0.6) is 0 Å². The van der Waals surface area contributed by atoms with Gasteiger partial charge in [0.15, 0.2) is 0 Å². The minimum Gasteiger partial charge on any atom is -0.395 e. The van der Waals surface area contributed by atoms with E-state index >= 15 is 0 Å². The van der Waals surface area contributed by atoms with E-state index in [1.807, 2.05) is 0 Å². The van der Waals surface area contributed by atoms with Gasteiger partial charge in [0, 0.05) is 12.6 Å². The lowest BCUT2D eigenvalue weighted by Crippen LogP contribution is -2.36. The lowest BCUT2D eigenvalue weighted by Gasteiger charge is -2.29. The molecule has 0 aliphatic heterocycles. The van der Waals surface area contributed by atoms with Gasteiger partial charge in [-0.05, 0) is 25.0 Å². The number of aromatic nitrogens is 1. The van der Waals surface area contributed by atoms with Crippen LogP contribution in [0.2, 0.25) is 5.15 Å². The van der Waals surface area contributed by atoms with Gasteiger partial charge in [-0.2, -0.15) is 5.26 Å². The molecule has 1 aromatic heterocycles. The van der Waals surface area contributed by atoms with Gasteiger partial charge in [0.25, 0.3) is 0 Å². The van der Waals surface area contributed by atoms with Crippen molar-refractivity contribution < 1.29 is 5.11 Å². The Morgan fingerprint density at radius 1 is 1.44 bits per heavy atom. The monoisotopic (exact) mass is 265 g/mol. The van der Waals surface area contributed by atoms with Gasteiger partial charge in [0.1, 0.15) is 11.0 Å². The average molecular weight is 266 g/mol. The van der Waals surface area contributed by atoms with E-state index in [-0.39, 0.29) is 6.61 Å². The number of halogens is 1. The molecule has 1 aromatic rings. The van der Waals surface area contributed by atoms with Crippen molar-refractivity contribution in [3.8, 4) is 6.07 Å². The predicted molar refractivity (Wildman–Crippen MR) is 70.6 cm³/mol. The van der Waals surface area contributed by atoms with Crippen LogP contribution in [0.25, 0.3) is 0 Å². The number of nitriles is 1. The minimum absolute atomic E-state index is 0.0760. The highest BCUT2D eigenvalue weighted by Crippen LogP contribution is 2.28. The summed E-state index contributed by atoms with van der Waals surface area (Å²) in [6.07, 6.45) is 4.63. The first-order valence-corrected chi connectivity index (χ1v) is 6.57. The van der Waals surface area contributed by atoms with Gasteiger partial charge in [-0.1, -0.05) is 24.4 Å². The maximum absolute atomic E-state index is 9.19. The molecule has 0 bridgehead atoms. The van der Waals surface area contributed by atoms with E-state index in [4.69, 9.17) is 16.9 Å². The van der Waals surface area contributed by atoms with Crippen molar-refractivity contribution in [2.45, 2.75) is 31.7 Å². The SMILES string of the molecule is N#Cc1cc(Cl)nc(N(CCO)C2CCCC2)c1. The highest BCUT2D eigenvalue weighted by molar-refractivity contribution is 6.29. The first-order chi connectivity index (χ1) is 8.74. The first-order valence-electron chi connectivity index (χ1n) is 6.20. The Labute approximate surface area is 112 Å². The second kappa shape index (κ2) is 6.03. The number of aliphatic hydroxyl groups excluding tert-OH is 1. The van der Waals surface area contributed by atoms with Gasteiger partial charge in [-0.15, -0.1) is 0 Å². The third-order valence-electron chi connectivity index (χ3n) is 3.31. The normalized spacial score (nSPS) is 15.6. The molecule has 1 saturated carbocycles. The van der Waals surface area contributed by atoms with E-state index in [2.05, 4.69) is 16.0 Å². The summed E-state index contributed by atoms with van der Waals surface area (Å²) in [7, 11) is 0. The standard InChI is InChI=1S/C13H16ClN3O/c14-12-7-10(9-15)8-13(16-12)17(5-6-18)11-3-1-2-4-11/h7-8,11,18H,1-6H2. The zero-order valence-corrected chi connectivity index (χ0v) is 10.9. The van der Waals surface area contributed by atoms with Crippen LogP contribution in [-0.2, 0) is 0 Å². The third-order valence-corrected chi connectivity index (χ3v) is 3.50. The van der Waals surface area contributed by atoms with Gasteiger partial charge >= 0.3 is 0 Å². The molecule has 1 aliphatic rings. The van der Waals surface area contributed by atoms with Crippen molar-refractivity contribution in [3.63, 3.8) is 0 Å². The second-order valence-corrected chi connectivity index (χ2v) is 4.89. The van der Waals surface area contributed by atoms with Gasteiger partial charge in [-0.25, -0.2) is 4.98 Å². The lowest BCUT2D eigenvalue weighted by molar-refractivity contribution is 0.297. The summed E-state index contributed by atoms with van der Waals surface area (Å²) in [5.74, 6) is 0.694. The molecule has 18 heavy (non-hydrogen) atoms. The summed E-state index contributed by atoms with van der Waals surface area (Å²) >= 11 is 5.93. The molecular formula is C13H16ClN3O. The van der Waals surface area contributed by atoms with Gasteiger partial charge in [0.2, 0.25) is 0 Å². The van der Waals surface area contributed by atoms with Crippen LogP contribution < -0.4 is 4.90 Å². The van der Waals surface area contributed by atoms with Crippen LogP contribution in [0, 0.1) is 11.3 Å². The molecule has 0 aromatic carbocycles. The van der Waals surface area contributed by atoms with Gasteiger partial charge < -0.3 is 10.0 Å².